The molecule has 1 aliphatic heterocycles. The fourth-order valence-corrected chi connectivity index (χ4v) is 2.41. The van der Waals surface area contributed by atoms with Crippen LogP contribution in [0.15, 0.2) is 24.3 Å². The van der Waals surface area contributed by atoms with Crippen LogP contribution in [-0.2, 0) is 0 Å². The lowest BCUT2D eigenvalue weighted by molar-refractivity contribution is 0.0786. The van der Waals surface area contributed by atoms with Crippen molar-refractivity contribution < 1.29 is 9.18 Å². The molecule has 3 nitrogen and oxygen atoms in total. The molecule has 2 rings (SSSR count). The molecule has 0 aliphatic carbocycles. The fraction of sp³-hybridized carbons (Fsp3) is 0.500. The third-order valence-electron chi connectivity index (χ3n) is 3.45. The van der Waals surface area contributed by atoms with Crippen LogP contribution >= 0.6 is 0 Å². The highest BCUT2D eigenvalue weighted by Gasteiger charge is 2.26. The lowest BCUT2D eigenvalue weighted by atomic mass is 10.1. The van der Waals surface area contributed by atoms with Gasteiger partial charge in [0.25, 0.3) is 5.91 Å². The minimum absolute atomic E-state index is 0.0542. The molecule has 1 amide bonds. The Balaban J connectivity index is 1.95. The van der Waals surface area contributed by atoms with Gasteiger partial charge in [0, 0.05) is 18.7 Å². The summed E-state index contributed by atoms with van der Waals surface area (Å²) in [5.74, 6) is 0.156. The molecule has 4 heteroatoms. The molecule has 0 radical (unpaired) electrons. The van der Waals surface area contributed by atoms with Crippen LogP contribution in [-0.4, -0.2) is 37.5 Å². The smallest absolute Gasteiger partial charge is 0.253 e. The number of likely N-dealkylation sites (tertiary alicyclic amines) is 1. The van der Waals surface area contributed by atoms with Gasteiger partial charge in [0.05, 0.1) is 0 Å². The molecule has 1 aliphatic rings. The summed E-state index contributed by atoms with van der Waals surface area (Å²) in [6.45, 7) is 2.55. The highest BCUT2D eigenvalue weighted by atomic mass is 19.1. The van der Waals surface area contributed by atoms with Gasteiger partial charge in [-0.05, 0) is 50.6 Å². The standard InChI is InChI=1S/C14H19FN2O/c1-16-7-5-11-6-8-17(10-11)14(18)12-3-2-4-13(15)9-12/h2-4,9,11,16H,5-8,10H2,1H3. The molecule has 1 heterocycles. The van der Waals surface area contributed by atoms with E-state index in [0.717, 1.165) is 32.5 Å². The Kier molecular flexibility index (Phi) is 4.31. The highest BCUT2D eigenvalue weighted by Crippen LogP contribution is 2.21. The van der Waals surface area contributed by atoms with E-state index in [0.29, 0.717) is 11.5 Å². The summed E-state index contributed by atoms with van der Waals surface area (Å²) < 4.78 is 13.1. The van der Waals surface area contributed by atoms with Crippen LogP contribution in [0.4, 0.5) is 4.39 Å². The average molecular weight is 250 g/mol. The number of nitrogens with zero attached hydrogens (tertiary/aromatic N) is 1. The first-order valence-corrected chi connectivity index (χ1v) is 6.40. The number of halogens is 1. The molecule has 1 saturated heterocycles. The van der Waals surface area contributed by atoms with Gasteiger partial charge in [-0.3, -0.25) is 4.79 Å². The SMILES string of the molecule is CNCCC1CCN(C(=O)c2cccc(F)c2)C1. The van der Waals surface area contributed by atoms with Crippen LogP contribution in [0, 0.1) is 11.7 Å². The molecule has 1 aromatic rings. The predicted molar refractivity (Wildman–Crippen MR) is 69.0 cm³/mol. The number of carbonyl (C=O) groups excluding carboxylic acids is 1. The van der Waals surface area contributed by atoms with E-state index in [2.05, 4.69) is 5.32 Å². The van der Waals surface area contributed by atoms with Crippen molar-refractivity contribution in [3.8, 4) is 0 Å². The van der Waals surface area contributed by atoms with Crippen molar-refractivity contribution in [2.75, 3.05) is 26.7 Å². The van der Waals surface area contributed by atoms with Crippen LogP contribution in [0.25, 0.3) is 0 Å². The topological polar surface area (TPSA) is 32.3 Å². The van der Waals surface area contributed by atoms with E-state index in [1.165, 1.54) is 12.1 Å². The Hall–Kier alpha value is -1.42. The molecule has 0 bridgehead atoms. The summed E-state index contributed by atoms with van der Waals surface area (Å²) in [5.41, 5.74) is 0.448. The Morgan fingerprint density at radius 3 is 3.11 bits per heavy atom. The van der Waals surface area contributed by atoms with Gasteiger partial charge in [0.1, 0.15) is 5.82 Å². The number of rotatable bonds is 4. The number of hydrogen-bond donors (Lipinski definition) is 1. The zero-order chi connectivity index (χ0) is 13.0. The van der Waals surface area contributed by atoms with Gasteiger partial charge < -0.3 is 10.2 Å². The lowest BCUT2D eigenvalue weighted by Crippen LogP contribution is -2.29. The minimum Gasteiger partial charge on any atom is -0.338 e. The molecule has 0 aromatic heterocycles. The Labute approximate surface area is 107 Å². The lowest BCUT2D eigenvalue weighted by Gasteiger charge is -2.16. The molecule has 1 fully saturated rings. The van der Waals surface area contributed by atoms with Gasteiger partial charge >= 0.3 is 0 Å². The molecular weight excluding hydrogens is 231 g/mol. The second kappa shape index (κ2) is 5.96. The molecular formula is C14H19FN2O. The first kappa shape index (κ1) is 13.0. The van der Waals surface area contributed by atoms with Crippen molar-refractivity contribution in [3.05, 3.63) is 35.6 Å². The molecule has 1 N–H and O–H groups in total. The van der Waals surface area contributed by atoms with E-state index in [1.807, 2.05) is 11.9 Å². The summed E-state index contributed by atoms with van der Waals surface area (Å²) in [7, 11) is 1.94. The summed E-state index contributed by atoms with van der Waals surface area (Å²) in [4.78, 5) is 14.0. The number of hydrogen-bond acceptors (Lipinski definition) is 2. The van der Waals surface area contributed by atoms with E-state index in [1.54, 1.807) is 12.1 Å². The van der Waals surface area contributed by atoms with E-state index in [4.69, 9.17) is 0 Å². The van der Waals surface area contributed by atoms with Gasteiger partial charge in [-0.1, -0.05) is 6.07 Å². The second-order valence-electron chi connectivity index (χ2n) is 4.81. The molecule has 98 valence electrons. The quantitative estimate of drug-likeness (QED) is 0.885. The molecule has 1 aromatic carbocycles. The Morgan fingerprint density at radius 1 is 1.56 bits per heavy atom. The summed E-state index contributed by atoms with van der Waals surface area (Å²) in [6, 6.07) is 5.92. The fourth-order valence-electron chi connectivity index (χ4n) is 2.41. The van der Waals surface area contributed by atoms with Crippen LogP contribution in [0.5, 0.6) is 0 Å². The maximum atomic E-state index is 13.1. The number of benzene rings is 1. The van der Waals surface area contributed by atoms with Crippen molar-refractivity contribution in [2.45, 2.75) is 12.8 Å². The van der Waals surface area contributed by atoms with Gasteiger partial charge in [0.15, 0.2) is 0 Å². The van der Waals surface area contributed by atoms with E-state index < -0.39 is 0 Å². The third kappa shape index (κ3) is 3.07. The van der Waals surface area contributed by atoms with Crippen molar-refractivity contribution in [1.29, 1.82) is 0 Å². The van der Waals surface area contributed by atoms with E-state index >= 15 is 0 Å². The third-order valence-corrected chi connectivity index (χ3v) is 3.45. The highest BCUT2D eigenvalue weighted by molar-refractivity contribution is 5.94. The average Bonchev–Trinajstić information content (AvgIpc) is 2.84. The molecule has 1 atom stereocenters. The first-order valence-electron chi connectivity index (χ1n) is 6.40. The summed E-state index contributed by atoms with van der Waals surface area (Å²) in [6.07, 6.45) is 2.13. The van der Waals surface area contributed by atoms with Gasteiger partial charge in [-0.15, -0.1) is 0 Å². The van der Waals surface area contributed by atoms with E-state index in [9.17, 15) is 9.18 Å². The maximum Gasteiger partial charge on any atom is 0.253 e. The van der Waals surface area contributed by atoms with E-state index in [-0.39, 0.29) is 11.7 Å². The zero-order valence-corrected chi connectivity index (χ0v) is 10.7. The Morgan fingerprint density at radius 2 is 2.39 bits per heavy atom. The monoisotopic (exact) mass is 250 g/mol. The summed E-state index contributed by atoms with van der Waals surface area (Å²) in [5, 5.41) is 3.12. The Bertz CT molecular complexity index is 422. The second-order valence-corrected chi connectivity index (χ2v) is 4.81. The first-order chi connectivity index (χ1) is 8.70. The maximum absolute atomic E-state index is 13.1. The van der Waals surface area contributed by atoms with Crippen LogP contribution in [0.1, 0.15) is 23.2 Å². The number of nitrogens with one attached hydrogen (secondary N) is 1. The van der Waals surface area contributed by atoms with Crippen LogP contribution in [0.3, 0.4) is 0 Å². The number of amides is 1. The van der Waals surface area contributed by atoms with Crippen LogP contribution < -0.4 is 5.32 Å². The summed E-state index contributed by atoms with van der Waals surface area (Å²) >= 11 is 0. The van der Waals surface area contributed by atoms with Crippen molar-refractivity contribution in [1.82, 2.24) is 10.2 Å². The zero-order valence-electron chi connectivity index (χ0n) is 10.7. The molecule has 0 saturated carbocycles. The molecule has 1 unspecified atom stereocenters. The molecule has 18 heavy (non-hydrogen) atoms. The van der Waals surface area contributed by atoms with Crippen molar-refractivity contribution in [2.24, 2.45) is 5.92 Å². The van der Waals surface area contributed by atoms with Crippen molar-refractivity contribution >= 4 is 5.91 Å². The minimum atomic E-state index is -0.355. The van der Waals surface area contributed by atoms with Crippen molar-refractivity contribution in [3.63, 3.8) is 0 Å². The van der Waals surface area contributed by atoms with Crippen LogP contribution in [0.2, 0.25) is 0 Å². The normalized spacial score (nSPS) is 19.2. The number of carbonyl (C=O) groups is 1. The largest absolute Gasteiger partial charge is 0.338 e. The van der Waals surface area contributed by atoms with Gasteiger partial charge in [0.2, 0.25) is 0 Å². The predicted octanol–water partition coefficient (Wildman–Crippen LogP) is 1.90. The molecule has 0 spiro atoms. The van der Waals surface area contributed by atoms with Gasteiger partial charge in [-0.25, -0.2) is 4.39 Å². The van der Waals surface area contributed by atoms with Gasteiger partial charge in [-0.2, -0.15) is 0 Å².